The van der Waals surface area contributed by atoms with Crippen LogP contribution in [-0.4, -0.2) is 19.6 Å². The van der Waals surface area contributed by atoms with Gasteiger partial charge in [0.1, 0.15) is 11.6 Å². The smallest absolute Gasteiger partial charge is 0.148 e. The molecule has 4 nitrogen and oxygen atoms in total. The Morgan fingerprint density at radius 1 is 0.600 bits per heavy atom. The molecule has 2 aromatic heterocycles. The number of para-hydroxylation sites is 2. The van der Waals surface area contributed by atoms with Gasteiger partial charge >= 0.3 is 0 Å². The molecule has 5 heteroatoms. The molecule has 0 fully saturated rings. The van der Waals surface area contributed by atoms with Crippen LogP contribution < -0.4 is 0 Å². The van der Waals surface area contributed by atoms with Crippen molar-refractivity contribution in [2.45, 2.75) is 40.0 Å². The molecule has 9 aromatic rings. The molecule has 1 N–H and O–H groups in total. The first-order chi connectivity index (χ1) is 29.1. The second kappa shape index (κ2) is 17.5. The van der Waals surface area contributed by atoms with Crippen LogP contribution in [0.2, 0.25) is 0 Å². The van der Waals surface area contributed by atoms with Gasteiger partial charge in [-0.3, -0.25) is 9.55 Å². The topological polar surface area (TPSA) is 50.9 Å². The summed E-state index contributed by atoms with van der Waals surface area (Å²) < 4.78 is 10.7. The van der Waals surface area contributed by atoms with Gasteiger partial charge in [-0.15, -0.1) is 23.8 Å². The van der Waals surface area contributed by atoms with Crippen molar-refractivity contribution in [3.05, 3.63) is 193 Å². The van der Waals surface area contributed by atoms with Crippen molar-refractivity contribution in [2.24, 2.45) is 5.92 Å². The molecule has 298 valence electrons. The number of phenols is 1. The zero-order chi connectivity index (χ0) is 41.4. The van der Waals surface area contributed by atoms with Crippen molar-refractivity contribution < 1.29 is 27.5 Å². The average Bonchev–Trinajstić information content (AvgIpc) is 3.66. The van der Waals surface area contributed by atoms with Crippen LogP contribution in [0, 0.1) is 12.0 Å². The zero-order valence-corrected chi connectivity index (χ0v) is 36.4. The van der Waals surface area contributed by atoms with E-state index in [9.17, 15) is 5.11 Å². The number of phenolic OH excluding ortho intramolecular Hbond substituents is 1. The Bertz CT molecular complexity index is 2970. The van der Waals surface area contributed by atoms with Crippen molar-refractivity contribution in [1.82, 2.24) is 14.5 Å². The Labute approximate surface area is 369 Å². The van der Waals surface area contributed by atoms with Gasteiger partial charge in [0, 0.05) is 40.0 Å². The van der Waals surface area contributed by atoms with Crippen LogP contribution in [-0.2, 0) is 27.5 Å². The van der Waals surface area contributed by atoms with Gasteiger partial charge in [-0.05, 0) is 93.6 Å². The first-order valence-corrected chi connectivity index (χ1v) is 20.3. The molecule has 0 spiro atoms. The number of aromatic nitrogens is 3. The summed E-state index contributed by atoms with van der Waals surface area (Å²) in [5.41, 5.74) is 15.7. The largest absolute Gasteiger partial charge is 0.507 e. The number of rotatable bonds is 10. The van der Waals surface area contributed by atoms with E-state index in [4.69, 9.17) is 11.3 Å². The normalized spacial score (nSPS) is 11.7. The molecule has 0 aliphatic carbocycles. The molecule has 0 saturated heterocycles. The summed E-state index contributed by atoms with van der Waals surface area (Å²) >= 11 is 0. The van der Waals surface area contributed by atoms with Crippen LogP contribution in [0.4, 0.5) is 0 Å². The Hall–Kier alpha value is -6.35. The summed E-state index contributed by atoms with van der Waals surface area (Å²) in [5.74, 6) is 0.607. The Morgan fingerprint density at radius 3 is 1.98 bits per heavy atom. The molecule has 60 heavy (non-hydrogen) atoms. The van der Waals surface area contributed by atoms with E-state index in [0.717, 1.165) is 73.3 Å². The molecule has 9 rings (SSSR count). The molecular formula is C55H46N3OPt-. The maximum absolute atomic E-state index is 11.3. The number of pyridine rings is 1. The minimum Gasteiger partial charge on any atom is -0.507 e. The quantitative estimate of drug-likeness (QED) is 0.139. The van der Waals surface area contributed by atoms with Crippen molar-refractivity contribution in [3.8, 4) is 78.6 Å². The van der Waals surface area contributed by atoms with E-state index in [-0.39, 0.29) is 26.8 Å². The number of hydrogen-bond donors (Lipinski definition) is 1. The van der Waals surface area contributed by atoms with Crippen molar-refractivity contribution in [2.75, 3.05) is 0 Å². The standard InChI is InChI=1S/C55H46N3O.Pt/c1-36(2)30-44-34-47(26-27-48(44)41-16-9-6-10-17-41)58-52-20-13-19-49(54(52)57-55(58)50-18-11-12-21-53(50)59)45-31-43(39-14-7-5-8-15-39)32-46(33-45)51-35-42(28-29-56-51)40-24-22-38(23-25-40)37(3)4;/h5-29,31-32,34-37,59H,30H2,1-4H3;/q-1;/i37D;. The van der Waals surface area contributed by atoms with E-state index in [1.807, 2.05) is 62.5 Å². The number of aromatic hydroxyl groups is 1. The van der Waals surface area contributed by atoms with Crippen LogP contribution in [0.25, 0.3) is 83.9 Å². The van der Waals surface area contributed by atoms with E-state index >= 15 is 0 Å². The Kier molecular flexibility index (Phi) is 11.4. The third-order valence-corrected chi connectivity index (χ3v) is 11.0. The number of fused-ring (bicyclic) bond motifs is 1. The van der Waals surface area contributed by atoms with Gasteiger partial charge in [-0.1, -0.05) is 166 Å². The number of benzene rings is 7. The predicted molar refractivity (Wildman–Crippen MR) is 245 cm³/mol. The van der Waals surface area contributed by atoms with Crippen molar-refractivity contribution in [1.29, 1.82) is 0 Å². The summed E-state index contributed by atoms with van der Waals surface area (Å²) in [6, 6.07) is 61.9. The number of nitrogens with zero attached hydrogens (tertiary/aromatic N) is 3. The monoisotopic (exact) mass is 960 g/mol. The molecular weight excluding hydrogens is 914 g/mol. The van der Waals surface area contributed by atoms with Crippen LogP contribution in [0.5, 0.6) is 5.75 Å². The number of imidazole rings is 1. The van der Waals surface area contributed by atoms with Crippen LogP contribution in [0.3, 0.4) is 0 Å². The van der Waals surface area contributed by atoms with Gasteiger partial charge in [0.15, 0.2) is 0 Å². The first kappa shape index (κ1) is 39.1. The summed E-state index contributed by atoms with van der Waals surface area (Å²) in [6.07, 6.45) is 2.77. The van der Waals surface area contributed by atoms with E-state index < -0.39 is 5.89 Å². The summed E-state index contributed by atoms with van der Waals surface area (Å²) in [5, 5.41) is 11.3. The van der Waals surface area contributed by atoms with E-state index in [1.165, 1.54) is 16.7 Å². The van der Waals surface area contributed by atoms with E-state index in [2.05, 4.69) is 146 Å². The van der Waals surface area contributed by atoms with Gasteiger partial charge in [0.2, 0.25) is 0 Å². The fourth-order valence-electron chi connectivity index (χ4n) is 8.05. The van der Waals surface area contributed by atoms with E-state index in [0.29, 0.717) is 17.3 Å². The van der Waals surface area contributed by atoms with Crippen LogP contribution >= 0.6 is 0 Å². The molecule has 0 aliphatic rings. The fraction of sp³-hybridized carbons (Fsp3) is 0.127. The molecule has 0 atom stereocenters. The predicted octanol–water partition coefficient (Wildman–Crippen LogP) is 14.2. The van der Waals surface area contributed by atoms with Gasteiger partial charge in [0.05, 0.1) is 16.6 Å². The molecule has 0 aliphatic heterocycles. The second-order valence-electron chi connectivity index (χ2n) is 15.8. The summed E-state index contributed by atoms with van der Waals surface area (Å²) in [4.78, 5) is 10.3. The van der Waals surface area contributed by atoms with Crippen molar-refractivity contribution in [3.63, 3.8) is 0 Å². The Morgan fingerprint density at radius 2 is 1.27 bits per heavy atom. The maximum Gasteiger partial charge on any atom is 0.148 e. The third-order valence-electron chi connectivity index (χ3n) is 11.0. The molecule has 7 aromatic carbocycles. The number of hydrogen-bond acceptors (Lipinski definition) is 3. The first-order valence-electron chi connectivity index (χ1n) is 20.8. The van der Waals surface area contributed by atoms with Gasteiger partial charge < -0.3 is 5.11 Å². The van der Waals surface area contributed by atoms with Crippen molar-refractivity contribution >= 4 is 11.0 Å². The molecule has 0 amide bonds. The second-order valence-corrected chi connectivity index (χ2v) is 15.8. The van der Waals surface area contributed by atoms with E-state index in [1.54, 1.807) is 6.07 Å². The molecule has 0 bridgehead atoms. The van der Waals surface area contributed by atoms with Gasteiger partial charge in [0.25, 0.3) is 0 Å². The molecule has 0 radical (unpaired) electrons. The minimum atomic E-state index is -0.671. The molecule has 2 heterocycles. The van der Waals surface area contributed by atoms with Gasteiger partial charge in [-0.2, -0.15) is 0 Å². The molecule has 0 saturated carbocycles. The fourth-order valence-corrected chi connectivity index (χ4v) is 8.05. The summed E-state index contributed by atoms with van der Waals surface area (Å²) in [6.45, 7) is 8.33. The third kappa shape index (κ3) is 8.13. The minimum absolute atomic E-state index is 0. The SMILES string of the molecule is [2H]C(C)(C)c1ccc(-c2ccnc(-c3[c-]c(-c4cccc5c4nc(-c4ccccc4O)n5-c4ccc(-c5ccccc5)c(CC(C)C)c4)cc(-c4ccccc4)c3)c2)cc1.[Pt]. The summed E-state index contributed by atoms with van der Waals surface area (Å²) in [7, 11) is 0. The Balaban J connectivity index is 0.00000514. The molecule has 0 unspecified atom stereocenters. The zero-order valence-electron chi connectivity index (χ0n) is 35.1. The average molecular weight is 961 g/mol. The maximum atomic E-state index is 11.3. The van der Waals surface area contributed by atoms with Gasteiger partial charge in [-0.25, -0.2) is 4.98 Å². The van der Waals surface area contributed by atoms with Crippen LogP contribution in [0.1, 0.15) is 46.1 Å². The van der Waals surface area contributed by atoms with Crippen LogP contribution in [0.15, 0.2) is 176 Å².